The van der Waals surface area contributed by atoms with E-state index < -0.39 is 17.0 Å². The highest BCUT2D eigenvalue weighted by molar-refractivity contribution is 6.30. The second-order valence-electron chi connectivity index (χ2n) is 4.51. The van der Waals surface area contributed by atoms with Gasteiger partial charge in [-0.1, -0.05) is 23.7 Å². The van der Waals surface area contributed by atoms with Crippen molar-refractivity contribution in [3.05, 3.63) is 34.9 Å². The number of hydrogen-bond acceptors (Lipinski definition) is 2. The van der Waals surface area contributed by atoms with E-state index in [-0.39, 0.29) is 0 Å². The minimum Gasteiger partial charge on any atom is -0.481 e. The quantitative estimate of drug-likeness (QED) is 0.857. The largest absolute Gasteiger partial charge is 0.481 e. The molecule has 0 spiro atoms. The molecule has 0 amide bonds. The standard InChI is InChI=1S/C12H15ClO3/c1-11(2,10(14)15)12(3,16)8-4-6-9(13)7-5-8/h4-7,16H,1-3H3,(H,14,15). The monoisotopic (exact) mass is 242 g/mol. The summed E-state index contributed by atoms with van der Waals surface area (Å²) in [5, 5.41) is 20.0. The molecule has 0 aliphatic rings. The van der Waals surface area contributed by atoms with Crippen molar-refractivity contribution in [3.63, 3.8) is 0 Å². The molecule has 1 atom stereocenters. The minimum atomic E-state index is -1.45. The number of carbonyl (C=O) groups is 1. The van der Waals surface area contributed by atoms with Gasteiger partial charge in [-0.25, -0.2) is 0 Å². The Hall–Kier alpha value is -1.06. The Balaban J connectivity index is 3.20. The lowest BCUT2D eigenvalue weighted by molar-refractivity contribution is -0.164. The molecule has 0 aliphatic heterocycles. The SMILES string of the molecule is CC(C)(C(=O)O)C(C)(O)c1ccc(Cl)cc1. The Morgan fingerprint density at radius 3 is 2.00 bits per heavy atom. The summed E-state index contributed by atoms with van der Waals surface area (Å²) in [6.45, 7) is 4.47. The van der Waals surface area contributed by atoms with Crippen LogP contribution in [0.25, 0.3) is 0 Å². The average Bonchev–Trinajstić information content (AvgIpc) is 2.17. The van der Waals surface area contributed by atoms with Crippen LogP contribution in [0, 0.1) is 5.41 Å². The highest BCUT2D eigenvalue weighted by Crippen LogP contribution is 2.39. The molecule has 1 rings (SSSR count). The zero-order valence-corrected chi connectivity index (χ0v) is 10.2. The molecule has 0 bridgehead atoms. The van der Waals surface area contributed by atoms with E-state index in [1.807, 2.05) is 0 Å². The molecule has 0 radical (unpaired) electrons. The second-order valence-corrected chi connectivity index (χ2v) is 4.95. The van der Waals surface area contributed by atoms with E-state index in [1.165, 1.54) is 20.8 Å². The molecule has 16 heavy (non-hydrogen) atoms. The average molecular weight is 243 g/mol. The minimum absolute atomic E-state index is 0.532. The Morgan fingerprint density at radius 2 is 1.62 bits per heavy atom. The number of carboxylic acid groups (broad SMARTS) is 1. The van der Waals surface area contributed by atoms with Crippen LogP contribution in [0.1, 0.15) is 26.3 Å². The molecular weight excluding hydrogens is 228 g/mol. The highest BCUT2D eigenvalue weighted by atomic mass is 35.5. The fourth-order valence-corrected chi connectivity index (χ4v) is 1.47. The number of halogens is 1. The van der Waals surface area contributed by atoms with E-state index in [9.17, 15) is 9.90 Å². The predicted octanol–water partition coefficient (Wildman–Crippen LogP) is 2.66. The van der Waals surface area contributed by atoms with Gasteiger partial charge in [-0.3, -0.25) is 4.79 Å². The van der Waals surface area contributed by atoms with Crippen molar-refractivity contribution >= 4 is 17.6 Å². The first-order valence-electron chi connectivity index (χ1n) is 4.91. The maximum absolute atomic E-state index is 11.1. The van der Waals surface area contributed by atoms with Crippen molar-refractivity contribution in [1.82, 2.24) is 0 Å². The zero-order chi connectivity index (χ0) is 12.6. The Morgan fingerprint density at radius 1 is 1.19 bits per heavy atom. The maximum atomic E-state index is 11.1. The van der Waals surface area contributed by atoms with Gasteiger partial charge < -0.3 is 10.2 Å². The molecule has 0 heterocycles. The first-order valence-corrected chi connectivity index (χ1v) is 5.29. The van der Waals surface area contributed by atoms with Crippen LogP contribution in [0.15, 0.2) is 24.3 Å². The summed E-state index contributed by atoms with van der Waals surface area (Å²) in [5.74, 6) is -1.05. The van der Waals surface area contributed by atoms with Crippen LogP contribution in [-0.2, 0) is 10.4 Å². The van der Waals surface area contributed by atoms with Gasteiger partial charge in [0.05, 0.1) is 5.41 Å². The number of aliphatic carboxylic acids is 1. The lowest BCUT2D eigenvalue weighted by atomic mass is 9.72. The summed E-state index contributed by atoms with van der Waals surface area (Å²) in [7, 11) is 0. The van der Waals surface area contributed by atoms with Crippen LogP contribution < -0.4 is 0 Å². The van der Waals surface area contributed by atoms with Crippen LogP contribution in [0.4, 0.5) is 0 Å². The molecule has 0 fully saturated rings. The van der Waals surface area contributed by atoms with Gasteiger partial charge in [0.15, 0.2) is 0 Å². The first-order chi connectivity index (χ1) is 7.19. The third-order valence-electron chi connectivity index (χ3n) is 3.16. The molecule has 4 heteroatoms. The van der Waals surface area contributed by atoms with E-state index in [4.69, 9.17) is 16.7 Å². The summed E-state index contributed by atoms with van der Waals surface area (Å²) in [5.41, 5.74) is -2.20. The third kappa shape index (κ3) is 2.06. The van der Waals surface area contributed by atoms with Crippen molar-refractivity contribution in [2.24, 2.45) is 5.41 Å². The number of carboxylic acids is 1. The zero-order valence-electron chi connectivity index (χ0n) is 9.49. The van der Waals surface area contributed by atoms with Crippen LogP contribution in [0.5, 0.6) is 0 Å². The van der Waals surface area contributed by atoms with Crippen LogP contribution in [-0.4, -0.2) is 16.2 Å². The van der Waals surface area contributed by atoms with Crippen LogP contribution in [0.2, 0.25) is 5.02 Å². The summed E-state index contributed by atoms with van der Waals surface area (Å²) < 4.78 is 0. The molecule has 1 aromatic rings. The van der Waals surface area contributed by atoms with Crippen molar-refractivity contribution in [3.8, 4) is 0 Å². The Bertz CT molecular complexity index is 393. The van der Waals surface area contributed by atoms with Gasteiger partial charge >= 0.3 is 5.97 Å². The first kappa shape index (κ1) is 13.0. The van der Waals surface area contributed by atoms with Gasteiger partial charge in [0.1, 0.15) is 5.60 Å². The molecule has 0 aromatic heterocycles. The number of rotatable bonds is 3. The molecule has 3 nitrogen and oxygen atoms in total. The van der Waals surface area contributed by atoms with Gasteiger partial charge in [-0.2, -0.15) is 0 Å². The normalized spacial score (nSPS) is 15.6. The Kier molecular flexibility index (Phi) is 3.31. The lowest BCUT2D eigenvalue weighted by Crippen LogP contribution is -2.44. The van der Waals surface area contributed by atoms with Gasteiger partial charge in [-0.05, 0) is 38.5 Å². The smallest absolute Gasteiger partial charge is 0.312 e. The van der Waals surface area contributed by atoms with E-state index in [0.717, 1.165) is 0 Å². The second kappa shape index (κ2) is 4.07. The molecule has 2 N–H and O–H groups in total. The lowest BCUT2D eigenvalue weighted by Gasteiger charge is -2.36. The highest BCUT2D eigenvalue weighted by Gasteiger charge is 2.46. The fourth-order valence-electron chi connectivity index (χ4n) is 1.34. The molecule has 0 saturated carbocycles. The van der Waals surface area contributed by atoms with Gasteiger partial charge in [0.2, 0.25) is 0 Å². The molecular formula is C12H15ClO3. The summed E-state index contributed by atoms with van der Waals surface area (Å²) in [6.07, 6.45) is 0. The summed E-state index contributed by atoms with van der Waals surface area (Å²) in [6, 6.07) is 6.52. The Labute approximate surface area is 99.7 Å². The molecule has 88 valence electrons. The predicted molar refractivity (Wildman–Crippen MR) is 62.4 cm³/mol. The van der Waals surface area contributed by atoms with Crippen LogP contribution in [0.3, 0.4) is 0 Å². The molecule has 1 unspecified atom stereocenters. The number of aliphatic hydroxyl groups is 1. The summed E-state index contributed by atoms with van der Waals surface area (Å²) >= 11 is 5.74. The third-order valence-corrected chi connectivity index (χ3v) is 3.41. The van der Waals surface area contributed by atoms with Crippen LogP contribution >= 0.6 is 11.6 Å². The van der Waals surface area contributed by atoms with Crippen molar-refractivity contribution in [2.45, 2.75) is 26.4 Å². The van der Waals surface area contributed by atoms with Gasteiger partial charge in [0.25, 0.3) is 0 Å². The van der Waals surface area contributed by atoms with E-state index in [2.05, 4.69) is 0 Å². The van der Waals surface area contributed by atoms with Gasteiger partial charge in [0, 0.05) is 5.02 Å². The van der Waals surface area contributed by atoms with E-state index in [1.54, 1.807) is 24.3 Å². The van der Waals surface area contributed by atoms with Crippen molar-refractivity contribution in [2.75, 3.05) is 0 Å². The molecule has 0 saturated heterocycles. The van der Waals surface area contributed by atoms with E-state index in [0.29, 0.717) is 10.6 Å². The maximum Gasteiger partial charge on any atom is 0.312 e. The fraction of sp³-hybridized carbons (Fsp3) is 0.417. The van der Waals surface area contributed by atoms with Gasteiger partial charge in [-0.15, -0.1) is 0 Å². The topological polar surface area (TPSA) is 57.5 Å². The van der Waals surface area contributed by atoms with E-state index >= 15 is 0 Å². The summed E-state index contributed by atoms with van der Waals surface area (Å²) in [4.78, 5) is 11.1. The number of benzene rings is 1. The van der Waals surface area contributed by atoms with Crippen molar-refractivity contribution in [1.29, 1.82) is 0 Å². The molecule has 1 aromatic carbocycles. The molecule has 0 aliphatic carbocycles. The van der Waals surface area contributed by atoms with Crippen molar-refractivity contribution < 1.29 is 15.0 Å². The number of hydrogen-bond donors (Lipinski definition) is 2.